The molecule has 0 amide bonds. The zero-order valence-corrected chi connectivity index (χ0v) is 14.6. The van der Waals surface area contributed by atoms with Crippen LogP contribution in [0.1, 0.15) is 30.6 Å². The van der Waals surface area contributed by atoms with E-state index >= 15 is 0 Å². The van der Waals surface area contributed by atoms with E-state index < -0.39 is 0 Å². The van der Waals surface area contributed by atoms with E-state index in [4.69, 9.17) is 14.2 Å². The predicted molar refractivity (Wildman–Crippen MR) is 93.8 cm³/mol. The van der Waals surface area contributed by atoms with Crippen molar-refractivity contribution in [3.8, 4) is 11.5 Å². The van der Waals surface area contributed by atoms with Gasteiger partial charge in [0.2, 0.25) is 0 Å². The molecule has 0 aliphatic carbocycles. The Morgan fingerprint density at radius 2 is 2.08 bits per heavy atom. The normalized spacial score (nSPS) is 22.3. The fraction of sp³-hybridized carbons (Fsp3) is 0.526. The van der Waals surface area contributed by atoms with E-state index in [1.807, 2.05) is 16.9 Å². The third-order valence-electron chi connectivity index (χ3n) is 4.86. The zero-order valence-electron chi connectivity index (χ0n) is 14.6. The van der Waals surface area contributed by atoms with Gasteiger partial charge in [0.1, 0.15) is 13.2 Å². The van der Waals surface area contributed by atoms with Crippen LogP contribution in [0.3, 0.4) is 0 Å². The van der Waals surface area contributed by atoms with Crippen molar-refractivity contribution in [1.29, 1.82) is 0 Å². The number of nitrogens with zero attached hydrogens (tertiary/aromatic N) is 2. The van der Waals surface area contributed by atoms with E-state index in [2.05, 4.69) is 35.7 Å². The number of rotatable bonds is 6. The highest BCUT2D eigenvalue weighted by Gasteiger charge is 2.30. The molecule has 2 aliphatic rings. The van der Waals surface area contributed by atoms with Gasteiger partial charge in [-0.15, -0.1) is 0 Å². The molecule has 0 radical (unpaired) electrons. The van der Waals surface area contributed by atoms with Crippen LogP contribution in [0.2, 0.25) is 0 Å². The summed E-state index contributed by atoms with van der Waals surface area (Å²) in [4.78, 5) is 0. The van der Waals surface area contributed by atoms with Gasteiger partial charge in [0, 0.05) is 43.9 Å². The summed E-state index contributed by atoms with van der Waals surface area (Å²) in [6, 6.07) is 6.15. The maximum absolute atomic E-state index is 5.96. The lowest BCUT2D eigenvalue weighted by atomic mass is 9.97. The first-order valence-corrected chi connectivity index (χ1v) is 9.06. The third kappa shape index (κ3) is 3.65. The Balaban J connectivity index is 1.33. The molecule has 134 valence electrons. The van der Waals surface area contributed by atoms with Crippen LogP contribution in [-0.2, 0) is 17.8 Å². The van der Waals surface area contributed by atoms with Crippen LogP contribution in [-0.4, -0.2) is 36.1 Å². The number of benzene rings is 1. The van der Waals surface area contributed by atoms with Crippen LogP contribution in [0.25, 0.3) is 0 Å². The van der Waals surface area contributed by atoms with Crippen LogP contribution in [0.4, 0.5) is 0 Å². The zero-order chi connectivity index (χ0) is 17.1. The van der Waals surface area contributed by atoms with Crippen molar-refractivity contribution in [2.75, 3.05) is 26.4 Å². The molecule has 1 saturated heterocycles. The van der Waals surface area contributed by atoms with Crippen LogP contribution < -0.4 is 14.8 Å². The average molecular weight is 343 g/mol. The molecule has 2 atom stereocenters. The summed E-state index contributed by atoms with van der Waals surface area (Å²) in [6.45, 7) is 6.79. The van der Waals surface area contributed by atoms with Gasteiger partial charge in [0.25, 0.3) is 0 Å². The minimum atomic E-state index is 0.146. The van der Waals surface area contributed by atoms with Crippen LogP contribution >= 0.6 is 0 Å². The number of hydrogen-bond acceptors (Lipinski definition) is 5. The van der Waals surface area contributed by atoms with E-state index in [9.17, 15) is 0 Å². The molecule has 4 rings (SSSR count). The van der Waals surface area contributed by atoms with E-state index in [0.29, 0.717) is 19.1 Å². The Morgan fingerprint density at radius 1 is 1.20 bits per heavy atom. The van der Waals surface area contributed by atoms with E-state index in [0.717, 1.165) is 44.2 Å². The molecule has 0 spiro atoms. The average Bonchev–Trinajstić information content (AvgIpc) is 3.30. The molecule has 2 aromatic rings. The monoisotopic (exact) mass is 343 g/mol. The second-order valence-electron chi connectivity index (χ2n) is 6.58. The highest BCUT2D eigenvalue weighted by Crippen LogP contribution is 2.34. The van der Waals surface area contributed by atoms with Crippen molar-refractivity contribution >= 4 is 0 Å². The van der Waals surface area contributed by atoms with Crippen molar-refractivity contribution in [2.24, 2.45) is 5.92 Å². The molecule has 1 fully saturated rings. The van der Waals surface area contributed by atoms with Crippen LogP contribution in [0.5, 0.6) is 11.5 Å². The smallest absolute Gasteiger partial charge is 0.161 e. The number of aryl methyl sites for hydroxylation is 1. The van der Waals surface area contributed by atoms with E-state index in [-0.39, 0.29) is 6.10 Å². The van der Waals surface area contributed by atoms with Gasteiger partial charge in [-0.05, 0) is 31.0 Å². The Bertz CT molecular complexity index is 716. The Labute approximate surface area is 148 Å². The van der Waals surface area contributed by atoms with E-state index in [1.165, 1.54) is 11.1 Å². The quantitative estimate of drug-likeness (QED) is 0.873. The Hall–Kier alpha value is -2.05. The lowest BCUT2D eigenvalue weighted by Gasteiger charge is -2.20. The van der Waals surface area contributed by atoms with Crippen LogP contribution in [0.15, 0.2) is 30.6 Å². The van der Waals surface area contributed by atoms with Crippen molar-refractivity contribution < 1.29 is 14.2 Å². The molecule has 0 saturated carbocycles. The van der Waals surface area contributed by atoms with Gasteiger partial charge in [-0.25, -0.2) is 0 Å². The minimum Gasteiger partial charge on any atom is -0.486 e. The summed E-state index contributed by atoms with van der Waals surface area (Å²) in [5.41, 5.74) is 2.39. The SMILES string of the molecule is CCn1cc([C@H]2OCC[C@H]2CNCc2ccc3c(c2)OCCO3)cn1. The van der Waals surface area contributed by atoms with Gasteiger partial charge in [0.15, 0.2) is 11.5 Å². The Kier molecular flexibility index (Phi) is 4.90. The summed E-state index contributed by atoms with van der Waals surface area (Å²) in [7, 11) is 0. The summed E-state index contributed by atoms with van der Waals surface area (Å²) in [5, 5.41) is 7.94. The standard InChI is InChI=1S/C19H25N3O3/c1-2-22-13-16(12-21-22)19-15(5-6-25-19)11-20-10-14-3-4-17-18(9-14)24-8-7-23-17/h3-4,9,12-13,15,19-20H,2,5-8,10-11H2,1H3/t15-,19-/m0/s1. The number of ether oxygens (including phenoxy) is 3. The fourth-order valence-electron chi connectivity index (χ4n) is 3.51. The highest BCUT2D eigenvalue weighted by molar-refractivity contribution is 5.43. The number of hydrogen-bond donors (Lipinski definition) is 1. The number of nitrogens with one attached hydrogen (secondary N) is 1. The first kappa shape index (κ1) is 16.4. The van der Waals surface area contributed by atoms with Crippen molar-refractivity contribution in [3.63, 3.8) is 0 Å². The number of fused-ring (bicyclic) bond motifs is 1. The first-order valence-electron chi connectivity index (χ1n) is 9.06. The van der Waals surface area contributed by atoms with Gasteiger partial charge in [-0.2, -0.15) is 5.10 Å². The molecule has 3 heterocycles. The molecule has 1 N–H and O–H groups in total. The second kappa shape index (κ2) is 7.45. The highest BCUT2D eigenvalue weighted by atomic mass is 16.6. The van der Waals surface area contributed by atoms with Crippen molar-refractivity contribution in [1.82, 2.24) is 15.1 Å². The summed E-state index contributed by atoms with van der Waals surface area (Å²) in [5.74, 6) is 2.17. The molecule has 0 unspecified atom stereocenters. The fourth-order valence-corrected chi connectivity index (χ4v) is 3.51. The van der Waals surface area contributed by atoms with Gasteiger partial charge in [-0.1, -0.05) is 6.07 Å². The molecule has 1 aromatic heterocycles. The molecule has 6 nitrogen and oxygen atoms in total. The van der Waals surface area contributed by atoms with Gasteiger partial charge >= 0.3 is 0 Å². The molecule has 1 aromatic carbocycles. The summed E-state index contributed by atoms with van der Waals surface area (Å²) < 4.78 is 19.1. The Morgan fingerprint density at radius 3 is 2.92 bits per heavy atom. The minimum absolute atomic E-state index is 0.146. The topological polar surface area (TPSA) is 57.5 Å². The molecule has 0 bridgehead atoms. The van der Waals surface area contributed by atoms with Gasteiger partial charge in [0.05, 0.1) is 12.3 Å². The lowest BCUT2D eigenvalue weighted by Crippen LogP contribution is -2.24. The van der Waals surface area contributed by atoms with Crippen LogP contribution in [0, 0.1) is 5.92 Å². The van der Waals surface area contributed by atoms with Gasteiger partial charge in [-0.3, -0.25) is 4.68 Å². The van der Waals surface area contributed by atoms with Crippen molar-refractivity contribution in [3.05, 3.63) is 41.7 Å². The molecule has 2 aliphatic heterocycles. The summed E-state index contributed by atoms with van der Waals surface area (Å²) in [6.07, 6.45) is 5.26. The lowest BCUT2D eigenvalue weighted by molar-refractivity contribution is 0.0903. The molecular formula is C19H25N3O3. The molecule has 6 heteroatoms. The van der Waals surface area contributed by atoms with E-state index in [1.54, 1.807) is 0 Å². The second-order valence-corrected chi connectivity index (χ2v) is 6.58. The van der Waals surface area contributed by atoms with Crippen molar-refractivity contribution in [2.45, 2.75) is 32.5 Å². The maximum atomic E-state index is 5.96. The maximum Gasteiger partial charge on any atom is 0.161 e. The summed E-state index contributed by atoms with van der Waals surface area (Å²) >= 11 is 0. The number of aromatic nitrogens is 2. The first-order chi connectivity index (χ1) is 12.3. The molecular weight excluding hydrogens is 318 g/mol. The van der Waals surface area contributed by atoms with Gasteiger partial charge < -0.3 is 19.5 Å². The molecule has 25 heavy (non-hydrogen) atoms. The third-order valence-corrected chi connectivity index (χ3v) is 4.86. The predicted octanol–water partition coefficient (Wildman–Crippen LogP) is 2.54. The largest absolute Gasteiger partial charge is 0.486 e.